The number of hydrogen-bond acceptors (Lipinski definition) is 1. The normalized spacial score (nSPS) is 34.1. The van der Waals surface area contributed by atoms with Gasteiger partial charge in [0.15, 0.2) is 0 Å². The largest absolute Gasteiger partial charge is 0.478 e. The molecule has 21 heavy (non-hydrogen) atoms. The fourth-order valence-electron chi connectivity index (χ4n) is 4.61. The minimum atomic E-state index is -0.812. The first-order valence-corrected chi connectivity index (χ1v) is 9.08. The highest BCUT2D eigenvalue weighted by Crippen LogP contribution is 2.42. The molecule has 0 spiro atoms. The Balaban J connectivity index is 1.66. The van der Waals surface area contributed by atoms with Crippen LogP contribution in [0.15, 0.2) is 12.2 Å². The smallest absolute Gasteiger partial charge is 0.327 e. The number of aliphatic carboxylic acids is 1. The van der Waals surface area contributed by atoms with Crippen LogP contribution in [0.4, 0.5) is 0 Å². The van der Waals surface area contributed by atoms with Crippen molar-refractivity contribution in [2.45, 2.75) is 77.6 Å². The van der Waals surface area contributed by atoms with Crippen LogP contribution in [0.25, 0.3) is 0 Å². The van der Waals surface area contributed by atoms with Crippen molar-refractivity contribution in [2.24, 2.45) is 23.7 Å². The molecule has 0 aromatic carbocycles. The first-order valence-electron chi connectivity index (χ1n) is 9.08. The highest BCUT2D eigenvalue weighted by Gasteiger charge is 2.30. The summed E-state index contributed by atoms with van der Waals surface area (Å²) in [6, 6.07) is 0. The van der Waals surface area contributed by atoms with Gasteiger partial charge in [-0.15, -0.1) is 0 Å². The lowest BCUT2D eigenvalue weighted by atomic mass is 9.68. The van der Waals surface area contributed by atoms with Gasteiger partial charge in [0.05, 0.1) is 0 Å². The van der Waals surface area contributed by atoms with E-state index in [0.29, 0.717) is 0 Å². The van der Waals surface area contributed by atoms with E-state index in [9.17, 15) is 4.79 Å². The van der Waals surface area contributed by atoms with Crippen LogP contribution < -0.4 is 0 Å². The van der Waals surface area contributed by atoms with E-state index in [2.05, 4.69) is 6.92 Å². The Morgan fingerprint density at radius 2 is 1.48 bits per heavy atom. The second-order valence-corrected chi connectivity index (χ2v) is 7.33. The van der Waals surface area contributed by atoms with Gasteiger partial charge in [-0.1, -0.05) is 38.7 Å². The van der Waals surface area contributed by atoms with E-state index in [1.165, 1.54) is 70.3 Å². The molecule has 0 aromatic rings. The molecular formula is C19H32O2. The summed E-state index contributed by atoms with van der Waals surface area (Å²) >= 11 is 0. The molecule has 0 radical (unpaired) electrons. The van der Waals surface area contributed by atoms with Crippen LogP contribution in [-0.2, 0) is 4.79 Å². The molecule has 120 valence electrons. The molecule has 0 heterocycles. The molecule has 0 atom stereocenters. The summed E-state index contributed by atoms with van der Waals surface area (Å²) in [5.74, 6) is 2.89. The van der Waals surface area contributed by atoms with Crippen molar-refractivity contribution in [1.29, 1.82) is 0 Å². The van der Waals surface area contributed by atoms with Gasteiger partial charge >= 0.3 is 5.97 Å². The lowest BCUT2D eigenvalue weighted by molar-refractivity contribution is -0.131. The molecule has 2 heteroatoms. The predicted molar refractivity (Wildman–Crippen MR) is 87.2 cm³/mol. The highest BCUT2D eigenvalue weighted by molar-refractivity contribution is 5.79. The zero-order valence-corrected chi connectivity index (χ0v) is 13.6. The van der Waals surface area contributed by atoms with E-state index in [1.807, 2.05) is 6.08 Å². The van der Waals surface area contributed by atoms with E-state index >= 15 is 0 Å². The zero-order chi connectivity index (χ0) is 15.1. The molecule has 1 N–H and O–H groups in total. The molecule has 0 saturated heterocycles. The van der Waals surface area contributed by atoms with Gasteiger partial charge in [-0.25, -0.2) is 4.79 Å². The van der Waals surface area contributed by atoms with Crippen LogP contribution in [0, 0.1) is 23.7 Å². The Morgan fingerprint density at radius 3 is 1.95 bits per heavy atom. The maximum absolute atomic E-state index is 10.5. The summed E-state index contributed by atoms with van der Waals surface area (Å²) in [5.41, 5.74) is 0. The van der Waals surface area contributed by atoms with Crippen molar-refractivity contribution in [3.63, 3.8) is 0 Å². The average molecular weight is 292 g/mol. The Morgan fingerprint density at radius 1 is 0.952 bits per heavy atom. The second-order valence-electron chi connectivity index (χ2n) is 7.33. The van der Waals surface area contributed by atoms with Crippen LogP contribution in [0.5, 0.6) is 0 Å². The fourth-order valence-corrected chi connectivity index (χ4v) is 4.61. The topological polar surface area (TPSA) is 37.3 Å². The van der Waals surface area contributed by atoms with Gasteiger partial charge in [-0.3, -0.25) is 0 Å². The number of carboxylic acids is 1. The maximum Gasteiger partial charge on any atom is 0.327 e. The Bertz CT molecular complexity index is 331. The summed E-state index contributed by atoms with van der Waals surface area (Å²) in [6.07, 6.45) is 18.2. The van der Waals surface area contributed by atoms with Crippen LogP contribution in [0.1, 0.15) is 77.6 Å². The van der Waals surface area contributed by atoms with E-state index in [1.54, 1.807) is 0 Å². The summed E-state index contributed by atoms with van der Waals surface area (Å²) in [5, 5.41) is 8.63. The molecule has 0 unspecified atom stereocenters. The van der Waals surface area contributed by atoms with E-state index in [-0.39, 0.29) is 0 Å². The Kier molecular flexibility index (Phi) is 6.79. The van der Waals surface area contributed by atoms with Crippen molar-refractivity contribution in [2.75, 3.05) is 0 Å². The first-order chi connectivity index (χ1) is 10.2. The van der Waals surface area contributed by atoms with Gasteiger partial charge in [0.2, 0.25) is 0 Å². The van der Waals surface area contributed by atoms with Gasteiger partial charge in [0, 0.05) is 6.08 Å². The molecule has 2 saturated carbocycles. The number of hydrogen-bond donors (Lipinski definition) is 1. The molecule has 0 amide bonds. The summed E-state index contributed by atoms with van der Waals surface area (Å²) in [7, 11) is 0. The Hall–Kier alpha value is -0.790. The summed E-state index contributed by atoms with van der Waals surface area (Å²) in [6.45, 7) is 2.31. The van der Waals surface area contributed by atoms with E-state index < -0.39 is 5.97 Å². The van der Waals surface area contributed by atoms with Crippen LogP contribution in [0.3, 0.4) is 0 Å². The SMILES string of the molecule is CCC[C@H]1CC[C@H]([C@H]2CC[C@H](C/C=C/C(=O)O)CC2)CC1. The van der Waals surface area contributed by atoms with Crippen molar-refractivity contribution in [3.05, 3.63) is 12.2 Å². The first kappa shape index (κ1) is 16.6. The molecule has 0 aliphatic heterocycles. The highest BCUT2D eigenvalue weighted by atomic mass is 16.4. The third-order valence-corrected chi connectivity index (χ3v) is 5.88. The molecule has 2 nitrogen and oxygen atoms in total. The van der Waals surface area contributed by atoms with Crippen molar-refractivity contribution >= 4 is 5.97 Å². The van der Waals surface area contributed by atoms with Gasteiger partial charge in [-0.2, -0.15) is 0 Å². The number of carboxylic acid groups (broad SMARTS) is 1. The average Bonchev–Trinajstić information content (AvgIpc) is 2.49. The minimum absolute atomic E-state index is 0.730. The van der Waals surface area contributed by atoms with Crippen LogP contribution in [0.2, 0.25) is 0 Å². The van der Waals surface area contributed by atoms with E-state index in [4.69, 9.17) is 5.11 Å². The van der Waals surface area contributed by atoms with Gasteiger partial charge < -0.3 is 5.11 Å². The summed E-state index contributed by atoms with van der Waals surface area (Å²) in [4.78, 5) is 10.5. The monoisotopic (exact) mass is 292 g/mol. The molecule has 2 fully saturated rings. The molecular weight excluding hydrogens is 260 g/mol. The second kappa shape index (κ2) is 8.60. The lowest BCUT2D eigenvalue weighted by Gasteiger charge is -2.37. The summed E-state index contributed by atoms with van der Waals surface area (Å²) < 4.78 is 0. The maximum atomic E-state index is 10.5. The molecule has 0 aromatic heterocycles. The van der Waals surface area contributed by atoms with Crippen molar-refractivity contribution < 1.29 is 9.90 Å². The van der Waals surface area contributed by atoms with Crippen LogP contribution in [-0.4, -0.2) is 11.1 Å². The van der Waals surface area contributed by atoms with Gasteiger partial charge in [0.25, 0.3) is 0 Å². The Labute approximate surface area is 130 Å². The molecule has 0 bridgehead atoms. The molecule has 2 aliphatic carbocycles. The van der Waals surface area contributed by atoms with Gasteiger partial charge in [0.1, 0.15) is 0 Å². The molecule has 2 aliphatic rings. The predicted octanol–water partition coefficient (Wildman–Crippen LogP) is 5.43. The zero-order valence-electron chi connectivity index (χ0n) is 13.6. The van der Waals surface area contributed by atoms with Gasteiger partial charge in [-0.05, 0) is 68.6 Å². The molecule has 2 rings (SSSR count). The van der Waals surface area contributed by atoms with Crippen molar-refractivity contribution in [1.82, 2.24) is 0 Å². The van der Waals surface area contributed by atoms with E-state index in [0.717, 1.165) is 30.1 Å². The number of allylic oxidation sites excluding steroid dienone is 1. The standard InChI is InChI=1S/C19H32O2/c1-2-4-15-7-11-17(12-8-15)18-13-9-16(10-14-18)5-3-6-19(20)21/h3,6,15-18H,2,4-5,7-14H2,1H3,(H,20,21)/b6-3+/t15-,16-,17-,18-. The van der Waals surface area contributed by atoms with Crippen molar-refractivity contribution in [3.8, 4) is 0 Å². The third-order valence-electron chi connectivity index (χ3n) is 5.88. The van der Waals surface area contributed by atoms with Crippen LogP contribution >= 0.6 is 0 Å². The third kappa shape index (κ3) is 5.48. The fraction of sp³-hybridized carbons (Fsp3) is 0.842. The quantitative estimate of drug-likeness (QED) is 0.663. The number of rotatable bonds is 6. The lowest BCUT2D eigenvalue weighted by Crippen LogP contribution is -2.25. The number of carbonyl (C=O) groups is 1. The minimum Gasteiger partial charge on any atom is -0.478 e.